The summed E-state index contributed by atoms with van der Waals surface area (Å²) in [7, 11) is 0. The van der Waals surface area contributed by atoms with Gasteiger partial charge in [-0.1, -0.05) is 25.6 Å². The van der Waals surface area contributed by atoms with Crippen molar-refractivity contribution in [2.75, 3.05) is 12.3 Å². The molecule has 0 radical (unpaired) electrons. The number of hydrogen-bond acceptors (Lipinski definition) is 7. The second-order valence-corrected chi connectivity index (χ2v) is 7.69. The maximum absolute atomic E-state index is 12.8. The van der Waals surface area contributed by atoms with Gasteiger partial charge in [0.25, 0.3) is 0 Å². The molecule has 0 saturated carbocycles. The molecule has 0 bridgehead atoms. The highest BCUT2D eigenvalue weighted by molar-refractivity contribution is 7.99. The summed E-state index contributed by atoms with van der Waals surface area (Å²) in [6.07, 6.45) is 3.47. The first-order valence-corrected chi connectivity index (χ1v) is 10.3. The molecule has 3 heterocycles. The van der Waals surface area contributed by atoms with Crippen LogP contribution in [0.25, 0.3) is 0 Å². The van der Waals surface area contributed by atoms with E-state index < -0.39 is 0 Å². The minimum absolute atomic E-state index is 0.0831. The number of nitriles is 1. The second-order valence-electron chi connectivity index (χ2n) is 6.75. The third-order valence-corrected chi connectivity index (χ3v) is 5.21. The number of thioether (sulfide) groups is 1. The van der Waals surface area contributed by atoms with E-state index in [0.717, 1.165) is 11.6 Å². The van der Waals surface area contributed by atoms with E-state index in [1.165, 1.54) is 11.8 Å². The Bertz CT molecular complexity index is 942. The van der Waals surface area contributed by atoms with Gasteiger partial charge in [-0.15, -0.1) is 10.2 Å². The van der Waals surface area contributed by atoms with Crippen molar-refractivity contribution in [1.82, 2.24) is 19.7 Å². The highest BCUT2D eigenvalue weighted by Gasteiger charge is 2.20. The van der Waals surface area contributed by atoms with Crippen LogP contribution >= 0.6 is 11.8 Å². The van der Waals surface area contributed by atoms with Gasteiger partial charge >= 0.3 is 0 Å². The number of nitrogens with zero attached hydrogens (tertiary/aromatic N) is 5. The zero-order valence-electron chi connectivity index (χ0n) is 16.4. The van der Waals surface area contributed by atoms with Gasteiger partial charge in [-0.2, -0.15) is 5.26 Å². The average molecular weight is 414 g/mol. The number of furan rings is 2. The lowest BCUT2D eigenvalue weighted by atomic mass is 10.2. The number of rotatable bonds is 10. The van der Waals surface area contributed by atoms with Crippen LogP contribution in [0.4, 0.5) is 0 Å². The van der Waals surface area contributed by atoms with Crippen LogP contribution in [0, 0.1) is 11.3 Å². The van der Waals surface area contributed by atoms with E-state index in [0.29, 0.717) is 30.6 Å². The highest BCUT2D eigenvalue weighted by atomic mass is 32.2. The fraction of sp³-hybridized carbons (Fsp3) is 0.400. The van der Waals surface area contributed by atoms with Crippen LogP contribution in [0.5, 0.6) is 0 Å². The largest absolute Gasteiger partial charge is 0.467 e. The summed E-state index contributed by atoms with van der Waals surface area (Å²) in [4.78, 5) is 14.4. The topological polar surface area (TPSA) is 101 Å². The zero-order valence-corrected chi connectivity index (χ0v) is 17.3. The molecule has 0 aliphatic carbocycles. The molecule has 0 aliphatic heterocycles. The maximum Gasteiger partial charge on any atom is 0.233 e. The van der Waals surface area contributed by atoms with E-state index in [1.54, 1.807) is 23.5 Å². The molecule has 0 saturated heterocycles. The van der Waals surface area contributed by atoms with Gasteiger partial charge in [-0.3, -0.25) is 9.36 Å². The molecule has 0 atom stereocenters. The van der Waals surface area contributed by atoms with Crippen molar-refractivity contribution in [2.45, 2.75) is 44.4 Å². The van der Waals surface area contributed by atoms with Crippen LogP contribution in [-0.4, -0.2) is 37.9 Å². The first kappa shape index (κ1) is 20.7. The van der Waals surface area contributed by atoms with Crippen LogP contribution in [0.1, 0.15) is 43.5 Å². The molecule has 1 amide bonds. The van der Waals surface area contributed by atoms with Crippen LogP contribution in [0.3, 0.4) is 0 Å². The van der Waals surface area contributed by atoms with E-state index >= 15 is 0 Å². The molecule has 3 aromatic heterocycles. The van der Waals surface area contributed by atoms with Crippen molar-refractivity contribution in [1.29, 1.82) is 5.26 Å². The van der Waals surface area contributed by atoms with Gasteiger partial charge in [0, 0.05) is 12.5 Å². The molecule has 0 unspecified atom stereocenters. The molecular formula is C20H23N5O3S. The average Bonchev–Trinajstić information content (AvgIpc) is 3.46. The predicted octanol–water partition coefficient (Wildman–Crippen LogP) is 3.67. The van der Waals surface area contributed by atoms with E-state index in [-0.39, 0.29) is 24.0 Å². The molecule has 0 aromatic carbocycles. The summed E-state index contributed by atoms with van der Waals surface area (Å²) in [5.74, 6) is 2.63. The molecule has 0 fully saturated rings. The molecule has 9 heteroatoms. The minimum atomic E-state index is -0.0831. The SMILES string of the molecule is CC(C)c1nnc(SCC(=O)N(CCC#N)Cc2ccco2)n1Cc1ccco1. The van der Waals surface area contributed by atoms with Crippen molar-refractivity contribution < 1.29 is 13.6 Å². The van der Waals surface area contributed by atoms with Gasteiger partial charge in [-0.05, 0) is 24.3 Å². The fourth-order valence-electron chi connectivity index (χ4n) is 2.83. The molecule has 3 rings (SSSR count). The first-order valence-electron chi connectivity index (χ1n) is 9.34. The lowest BCUT2D eigenvalue weighted by Crippen LogP contribution is -2.32. The molecular weight excluding hydrogens is 390 g/mol. The van der Waals surface area contributed by atoms with E-state index in [2.05, 4.69) is 30.1 Å². The van der Waals surface area contributed by atoms with E-state index in [9.17, 15) is 4.79 Å². The fourth-order valence-corrected chi connectivity index (χ4v) is 3.67. The Morgan fingerprint density at radius 1 is 1.24 bits per heavy atom. The highest BCUT2D eigenvalue weighted by Crippen LogP contribution is 2.23. The summed E-state index contributed by atoms with van der Waals surface area (Å²) in [6.45, 7) is 5.30. The van der Waals surface area contributed by atoms with Crippen LogP contribution in [0.15, 0.2) is 50.8 Å². The molecule has 3 aromatic rings. The predicted molar refractivity (Wildman–Crippen MR) is 107 cm³/mol. The van der Waals surface area contributed by atoms with Crippen molar-refractivity contribution in [2.24, 2.45) is 0 Å². The van der Waals surface area contributed by atoms with Gasteiger partial charge in [0.1, 0.15) is 17.3 Å². The summed E-state index contributed by atoms with van der Waals surface area (Å²) < 4.78 is 12.8. The number of amides is 1. The summed E-state index contributed by atoms with van der Waals surface area (Å²) in [6, 6.07) is 9.42. The smallest absolute Gasteiger partial charge is 0.233 e. The molecule has 0 aliphatic rings. The number of hydrogen-bond donors (Lipinski definition) is 0. The summed E-state index contributed by atoms with van der Waals surface area (Å²) in [5.41, 5.74) is 0. The zero-order chi connectivity index (χ0) is 20.6. The lowest BCUT2D eigenvalue weighted by Gasteiger charge is -2.20. The number of aromatic nitrogens is 3. The van der Waals surface area contributed by atoms with Crippen LogP contribution < -0.4 is 0 Å². The Morgan fingerprint density at radius 2 is 1.97 bits per heavy atom. The minimum Gasteiger partial charge on any atom is -0.467 e. The Hall–Kier alpha value is -2.99. The van der Waals surface area contributed by atoms with Crippen molar-refractivity contribution in [3.63, 3.8) is 0 Å². The molecule has 0 spiro atoms. The van der Waals surface area contributed by atoms with Gasteiger partial charge in [-0.25, -0.2) is 0 Å². The number of carbonyl (C=O) groups is 1. The standard InChI is InChI=1S/C20H23N5O3S/c1-15(2)19-22-23-20(25(19)13-17-7-4-11-28-17)29-14-18(26)24(9-5-8-21)12-16-6-3-10-27-16/h3-4,6-7,10-11,15H,5,9,12-14H2,1-2H3. The van der Waals surface area contributed by atoms with Gasteiger partial charge in [0.05, 0.1) is 43.9 Å². The Labute approximate surface area is 173 Å². The molecule has 152 valence electrons. The van der Waals surface area contributed by atoms with E-state index in [4.69, 9.17) is 14.1 Å². The monoisotopic (exact) mass is 413 g/mol. The third-order valence-electron chi connectivity index (χ3n) is 4.25. The second kappa shape index (κ2) is 9.98. The Kier molecular flexibility index (Phi) is 7.14. The van der Waals surface area contributed by atoms with Crippen molar-refractivity contribution >= 4 is 17.7 Å². The first-order chi connectivity index (χ1) is 14.1. The summed E-state index contributed by atoms with van der Waals surface area (Å²) >= 11 is 1.33. The van der Waals surface area contributed by atoms with Gasteiger partial charge < -0.3 is 13.7 Å². The lowest BCUT2D eigenvalue weighted by molar-refractivity contribution is -0.129. The molecule has 8 nitrogen and oxygen atoms in total. The third kappa shape index (κ3) is 5.51. The quantitative estimate of drug-likeness (QED) is 0.467. The van der Waals surface area contributed by atoms with Crippen LogP contribution in [-0.2, 0) is 17.9 Å². The van der Waals surface area contributed by atoms with E-state index in [1.807, 2.05) is 22.8 Å². The summed E-state index contributed by atoms with van der Waals surface area (Å²) in [5, 5.41) is 18.1. The van der Waals surface area contributed by atoms with Crippen molar-refractivity contribution in [3.05, 3.63) is 54.1 Å². The Morgan fingerprint density at radius 3 is 2.59 bits per heavy atom. The maximum atomic E-state index is 12.8. The van der Waals surface area contributed by atoms with Gasteiger partial charge in [0.15, 0.2) is 5.16 Å². The molecule has 0 N–H and O–H groups in total. The normalized spacial score (nSPS) is 11.0. The van der Waals surface area contributed by atoms with Crippen LogP contribution in [0.2, 0.25) is 0 Å². The number of carbonyl (C=O) groups excluding carboxylic acids is 1. The van der Waals surface area contributed by atoms with Crippen molar-refractivity contribution in [3.8, 4) is 6.07 Å². The Balaban J connectivity index is 1.70. The van der Waals surface area contributed by atoms with Gasteiger partial charge in [0.2, 0.25) is 5.91 Å². The molecule has 29 heavy (non-hydrogen) atoms.